The van der Waals surface area contributed by atoms with Crippen molar-refractivity contribution in [1.29, 1.82) is 0 Å². The minimum atomic E-state index is -0.810. The summed E-state index contributed by atoms with van der Waals surface area (Å²) in [5, 5.41) is 10.9. The van der Waals surface area contributed by atoms with Crippen molar-refractivity contribution in [3.63, 3.8) is 0 Å². The molecule has 158 valence electrons. The van der Waals surface area contributed by atoms with Gasteiger partial charge in [-0.25, -0.2) is 4.79 Å². The van der Waals surface area contributed by atoms with Gasteiger partial charge in [-0.15, -0.1) is 0 Å². The highest BCUT2D eigenvalue weighted by Gasteiger charge is 2.46. The smallest absolute Gasteiger partial charge is 0.410 e. The van der Waals surface area contributed by atoms with Crippen LogP contribution in [-0.2, 0) is 9.47 Å². The van der Waals surface area contributed by atoms with E-state index in [-0.39, 0.29) is 24.0 Å². The number of carbonyl (C=O) groups excluding carboxylic acids is 1. The van der Waals surface area contributed by atoms with E-state index in [1.165, 1.54) is 22.3 Å². The minimum Gasteiger partial charge on any atom is -0.448 e. The average molecular weight is 408 g/mol. The maximum absolute atomic E-state index is 13.1. The largest absolute Gasteiger partial charge is 0.448 e. The monoisotopic (exact) mass is 407 g/mol. The molecule has 1 N–H and O–H groups in total. The molecule has 0 bridgehead atoms. The van der Waals surface area contributed by atoms with Crippen molar-refractivity contribution in [3.05, 3.63) is 59.7 Å². The normalized spacial score (nSPS) is 28.3. The molecule has 3 unspecified atom stereocenters. The minimum absolute atomic E-state index is 0.0315. The van der Waals surface area contributed by atoms with Gasteiger partial charge in [0.05, 0.1) is 12.2 Å². The van der Waals surface area contributed by atoms with Crippen LogP contribution in [0.5, 0.6) is 0 Å². The molecular formula is C25H29NO4. The Hall–Kier alpha value is -2.37. The van der Waals surface area contributed by atoms with Gasteiger partial charge in [-0.05, 0) is 48.4 Å². The molecule has 1 amide bonds. The lowest BCUT2D eigenvalue weighted by atomic mass is 9.79. The van der Waals surface area contributed by atoms with Crippen molar-refractivity contribution in [2.75, 3.05) is 26.4 Å². The molecule has 3 aliphatic rings. The summed E-state index contributed by atoms with van der Waals surface area (Å²) < 4.78 is 11.5. The molecule has 1 aliphatic carbocycles. The van der Waals surface area contributed by atoms with Crippen molar-refractivity contribution >= 4 is 6.09 Å². The van der Waals surface area contributed by atoms with Gasteiger partial charge >= 0.3 is 6.09 Å². The Balaban J connectivity index is 1.32. The van der Waals surface area contributed by atoms with E-state index in [4.69, 9.17) is 9.47 Å². The van der Waals surface area contributed by atoms with Gasteiger partial charge in [-0.2, -0.15) is 0 Å². The van der Waals surface area contributed by atoms with Gasteiger partial charge in [0.15, 0.2) is 0 Å². The first-order valence-electron chi connectivity index (χ1n) is 11.0. The average Bonchev–Trinajstić information content (AvgIpc) is 3.35. The standard InChI is InChI=1S/C25H29NO4/c1-25(28)12-14-29-16-22(25)23-11-6-13-26(23)24(27)30-15-21-19-9-4-2-7-17(19)18-8-3-5-10-20(18)21/h2-5,7-10,21-23,28H,6,11-16H2,1H3. The van der Waals surface area contributed by atoms with Gasteiger partial charge in [-0.3, -0.25) is 0 Å². The number of aliphatic hydroxyl groups is 1. The lowest BCUT2D eigenvalue weighted by molar-refractivity contribution is -0.120. The Morgan fingerprint density at radius 2 is 1.83 bits per heavy atom. The number of nitrogens with zero attached hydrogens (tertiary/aromatic N) is 1. The molecular weight excluding hydrogens is 378 g/mol. The van der Waals surface area contributed by atoms with E-state index in [9.17, 15) is 9.90 Å². The van der Waals surface area contributed by atoms with Crippen molar-refractivity contribution in [3.8, 4) is 11.1 Å². The molecule has 3 atom stereocenters. The first-order valence-corrected chi connectivity index (χ1v) is 11.0. The third kappa shape index (κ3) is 3.30. The topological polar surface area (TPSA) is 59.0 Å². The van der Waals surface area contributed by atoms with Crippen LogP contribution in [0.4, 0.5) is 4.79 Å². The van der Waals surface area contributed by atoms with Crippen LogP contribution < -0.4 is 0 Å². The molecule has 5 heteroatoms. The first kappa shape index (κ1) is 19.6. The second kappa shape index (κ2) is 7.71. The number of ether oxygens (including phenoxy) is 2. The fraction of sp³-hybridized carbons (Fsp3) is 0.480. The third-order valence-electron chi connectivity index (χ3n) is 7.18. The zero-order valence-corrected chi connectivity index (χ0v) is 17.4. The quantitative estimate of drug-likeness (QED) is 0.829. The van der Waals surface area contributed by atoms with Gasteiger partial charge in [-0.1, -0.05) is 48.5 Å². The van der Waals surface area contributed by atoms with E-state index in [0.29, 0.717) is 32.8 Å². The lowest BCUT2D eigenvalue weighted by Gasteiger charge is -2.42. The molecule has 30 heavy (non-hydrogen) atoms. The molecule has 2 fully saturated rings. The molecule has 2 aliphatic heterocycles. The van der Waals surface area contributed by atoms with Crippen molar-refractivity contribution in [2.45, 2.75) is 43.7 Å². The summed E-state index contributed by atoms with van der Waals surface area (Å²) in [6, 6.07) is 16.7. The predicted octanol–water partition coefficient (Wildman–Crippen LogP) is 4.19. The van der Waals surface area contributed by atoms with Crippen LogP contribution in [0.1, 0.15) is 43.2 Å². The fourth-order valence-corrected chi connectivity index (χ4v) is 5.49. The van der Waals surface area contributed by atoms with Gasteiger partial charge in [0.1, 0.15) is 6.61 Å². The van der Waals surface area contributed by atoms with Gasteiger partial charge in [0, 0.05) is 31.0 Å². The summed E-state index contributed by atoms with van der Waals surface area (Å²) in [4.78, 5) is 14.9. The highest BCUT2D eigenvalue weighted by Crippen LogP contribution is 2.44. The fourth-order valence-electron chi connectivity index (χ4n) is 5.49. The second-order valence-electron chi connectivity index (χ2n) is 9.00. The second-order valence-corrected chi connectivity index (χ2v) is 9.00. The number of fused-ring (bicyclic) bond motifs is 3. The van der Waals surface area contributed by atoms with E-state index in [1.807, 2.05) is 24.0 Å². The third-order valence-corrected chi connectivity index (χ3v) is 7.18. The summed E-state index contributed by atoms with van der Waals surface area (Å²) in [5.74, 6) is -0.0160. The van der Waals surface area contributed by atoms with Crippen LogP contribution in [0.2, 0.25) is 0 Å². The zero-order valence-electron chi connectivity index (χ0n) is 17.4. The summed E-state index contributed by atoms with van der Waals surface area (Å²) >= 11 is 0. The number of likely N-dealkylation sites (tertiary alicyclic amines) is 1. The van der Waals surface area contributed by atoms with Crippen LogP contribution in [0.25, 0.3) is 11.1 Å². The van der Waals surface area contributed by atoms with Crippen LogP contribution in [-0.4, -0.2) is 54.1 Å². The van der Waals surface area contributed by atoms with E-state index in [0.717, 1.165) is 12.8 Å². The van der Waals surface area contributed by atoms with Gasteiger partial charge in [0.25, 0.3) is 0 Å². The molecule has 0 saturated carbocycles. The Morgan fingerprint density at radius 1 is 1.17 bits per heavy atom. The van der Waals surface area contributed by atoms with Gasteiger partial charge < -0.3 is 19.5 Å². The van der Waals surface area contributed by atoms with Gasteiger partial charge in [0.2, 0.25) is 0 Å². The molecule has 0 aromatic heterocycles. The summed E-state index contributed by atoms with van der Waals surface area (Å²) in [6.07, 6.45) is 2.14. The molecule has 5 rings (SSSR count). The maximum Gasteiger partial charge on any atom is 0.410 e. The molecule has 2 aromatic rings. The highest BCUT2D eigenvalue weighted by molar-refractivity contribution is 5.79. The van der Waals surface area contributed by atoms with Crippen molar-refractivity contribution < 1.29 is 19.4 Å². The van der Waals surface area contributed by atoms with E-state index in [1.54, 1.807) is 0 Å². The van der Waals surface area contributed by atoms with Crippen LogP contribution >= 0.6 is 0 Å². The number of hydrogen-bond donors (Lipinski definition) is 1. The number of hydrogen-bond acceptors (Lipinski definition) is 4. The molecule has 2 aromatic carbocycles. The Kier molecular flexibility index (Phi) is 5.03. The summed E-state index contributed by atoms with van der Waals surface area (Å²) in [6.45, 7) is 3.93. The molecule has 2 saturated heterocycles. The lowest BCUT2D eigenvalue weighted by Crippen LogP contribution is -2.53. The van der Waals surface area contributed by atoms with Crippen LogP contribution in [0.3, 0.4) is 0 Å². The Bertz CT molecular complexity index is 895. The number of amides is 1. The van der Waals surface area contributed by atoms with E-state index >= 15 is 0 Å². The number of carbonyl (C=O) groups is 1. The van der Waals surface area contributed by atoms with Crippen LogP contribution in [0, 0.1) is 5.92 Å². The number of benzene rings is 2. The zero-order chi connectivity index (χ0) is 20.7. The van der Waals surface area contributed by atoms with E-state index in [2.05, 4.69) is 36.4 Å². The Morgan fingerprint density at radius 3 is 2.50 bits per heavy atom. The Labute approximate surface area is 177 Å². The van der Waals surface area contributed by atoms with Crippen LogP contribution in [0.15, 0.2) is 48.5 Å². The maximum atomic E-state index is 13.1. The summed E-state index contributed by atoms with van der Waals surface area (Å²) in [5.41, 5.74) is 4.07. The molecule has 0 radical (unpaired) electrons. The molecule has 0 spiro atoms. The van der Waals surface area contributed by atoms with Crippen molar-refractivity contribution in [2.24, 2.45) is 5.92 Å². The first-order chi connectivity index (χ1) is 14.6. The summed E-state index contributed by atoms with van der Waals surface area (Å²) in [7, 11) is 0. The molecule has 5 nitrogen and oxygen atoms in total. The van der Waals surface area contributed by atoms with Crippen molar-refractivity contribution in [1.82, 2.24) is 4.90 Å². The molecule has 2 heterocycles. The number of rotatable bonds is 3. The SMILES string of the molecule is CC1(O)CCOCC1C1CCCN1C(=O)OCC1c2ccccc2-c2ccccc21. The van der Waals surface area contributed by atoms with E-state index < -0.39 is 5.60 Å². The highest BCUT2D eigenvalue weighted by atomic mass is 16.6. The predicted molar refractivity (Wildman–Crippen MR) is 114 cm³/mol.